The molecule has 2 atom stereocenters. The first-order valence-corrected chi connectivity index (χ1v) is 9.69. The molecule has 1 aromatic heterocycles. The van der Waals surface area contributed by atoms with E-state index in [4.69, 9.17) is 4.74 Å². The fourth-order valence-corrected chi connectivity index (χ4v) is 3.49. The first-order valence-electron chi connectivity index (χ1n) is 8.81. The highest BCUT2D eigenvalue weighted by Gasteiger charge is 2.19. The number of thioether (sulfide) groups is 1. The Morgan fingerprint density at radius 1 is 1.26 bits per heavy atom. The second-order valence-corrected chi connectivity index (χ2v) is 7.53. The highest BCUT2D eigenvalue weighted by Crippen LogP contribution is 2.26. The highest BCUT2D eigenvalue weighted by atomic mass is 32.2. The number of benzene rings is 2. The van der Waals surface area contributed by atoms with Gasteiger partial charge in [-0.2, -0.15) is 0 Å². The zero-order chi connectivity index (χ0) is 19.4. The van der Waals surface area contributed by atoms with Crippen LogP contribution < -0.4 is 10.1 Å². The second-order valence-electron chi connectivity index (χ2n) is 6.20. The third-order valence-electron chi connectivity index (χ3n) is 4.13. The van der Waals surface area contributed by atoms with Gasteiger partial charge in [-0.15, -0.1) is 0 Å². The maximum atomic E-state index is 13.0. The van der Waals surface area contributed by atoms with Crippen LogP contribution in [0.25, 0.3) is 11.0 Å². The maximum Gasteiger partial charge on any atom is 0.233 e. The number of aromatic amines is 1. The Morgan fingerprint density at radius 3 is 2.70 bits per heavy atom. The minimum Gasteiger partial charge on any atom is -0.494 e. The first-order chi connectivity index (χ1) is 13.0. The van der Waals surface area contributed by atoms with E-state index in [9.17, 15) is 9.18 Å². The number of carbonyl (C=O) groups excluding carboxylic acids is 1. The van der Waals surface area contributed by atoms with Crippen molar-refractivity contribution in [1.29, 1.82) is 0 Å². The smallest absolute Gasteiger partial charge is 0.233 e. The van der Waals surface area contributed by atoms with Gasteiger partial charge in [0.1, 0.15) is 11.6 Å². The summed E-state index contributed by atoms with van der Waals surface area (Å²) in [5.41, 5.74) is 2.55. The lowest BCUT2D eigenvalue weighted by atomic mass is 10.1. The molecule has 0 aliphatic rings. The predicted octanol–water partition coefficient (Wildman–Crippen LogP) is 4.46. The van der Waals surface area contributed by atoms with Crippen LogP contribution in [0.3, 0.4) is 0 Å². The van der Waals surface area contributed by atoms with Gasteiger partial charge < -0.3 is 15.0 Å². The number of ether oxygens (including phenoxy) is 1. The van der Waals surface area contributed by atoms with Gasteiger partial charge >= 0.3 is 0 Å². The summed E-state index contributed by atoms with van der Waals surface area (Å²) in [4.78, 5) is 20.2. The van der Waals surface area contributed by atoms with Gasteiger partial charge in [-0.1, -0.05) is 23.9 Å². The molecular formula is C20H22FN3O2S. The van der Waals surface area contributed by atoms with Gasteiger partial charge in [-0.25, -0.2) is 9.37 Å². The van der Waals surface area contributed by atoms with Crippen LogP contribution >= 0.6 is 11.8 Å². The van der Waals surface area contributed by atoms with E-state index in [0.29, 0.717) is 11.8 Å². The molecule has 142 valence electrons. The molecule has 2 N–H and O–H groups in total. The SMILES string of the molecule is CCOc1ccc2nc(S[C@H](C)C(=O)N[C@@H](C)c3ccc(F)cc3)[nH]c2c1. The monoisotopic (exact) mass is 387 g/mol. The minimum absolute atomic E-state index is 0.104. The molecule has 0 bridgehead atoms. The number of aromatic nitrogens is 2. The van der Waals surface area contributed by atoms with Crippen molar-refractivity contribution >= 4 is 28.7 Å². The molecule has 1 heterocycles. The van der Waals surface area contributed by atoms with Gasteiger partial charge in [0.25, 0.3) is 0 Å². The van der Waals surface area contributed by atoms with Gasteiger partial charge in [0.2, 0.25) is 5.91 Å². The van der Waals surface area contributed by atoms with Crippen molar-refractivity contribution in [2.45, 2.75) is 37.2 Å². The molecule has 2 aromatic carbocycles. The standard InChI is InChI=1S/C20H22FN3O2S/c1-4-26-16-9-10-17-18(11-16)24-20(23-17)27-13(3)19(25)22-12(2)14-5-7-15(21)8-6-14/h5-13H,4H2,1-3H3,(H,22,25)(H,23,24)/t12-,13+/m0/s1. The number of hydrogen-bond acceptors (Lipinski definition) is 4. The maximum absolute atomic E-state index is 13.0. The number of nitrogens with zero attached hydrogens (tertiary/aromatic N) is 1. The van der Waals surface area contributed by atoms with Gasteiger partial charge in [-0.3, -0.25) is 4.79 Å². The van der Waals surface area contributed by atoms with Gasteiger partial charge in [-0.05, 0) is 50.6 Å². The Morgan fingerprint density at radius 2 is 2.00 bits per heavy atom. The number of fused-ring (bicyclic) bond motifs is 1. The van der Waals surface area contributed by atoms with Crippen molar-refractivity contribution in [2.24, 2.45) is 0 Å². The van der Waals surface area contributed by atoms with E-state index in [-0.39, 0.29) is 23.0 Å². The molecule has 0 radical (unpaired) electrons. The van der Waals surface area contributed by atoms with Crippen LogP contribution in [0.1, 0.15) is 32.4 Å². The summed E-state index contributed by atoms with van der Waals surface area (Å²) in [5, 5.41) is 3.29. The first kappa shape index (κ1) is 19.2. The van der Waals surface area contributed by atoms with Gasteiger partial charge in [0, 0.05) is 6.07 Å². The molecule has 0 unspecified atom stereocenters. The molecule has 1 amide bonds. The molecule has 3 aromatic rings. The minimum atomic E-state index is -0.333. The fraction of sp³-hybridized carbons (Fsp3) is 0.300. The molecule has 7 heteroatoms. The third kappa shape index (κ3) is 4.80. The molecule has 0 fully saturated rings. The van der Waals surface area contributed by atoms with Crippen molar-refractivity contribution in [3.8, 4) is 5.75 Å². The summed E-state index contributed by atoms with van der Waals surface area (Å²) in [7, 11) is 0. The average Bonchev–Trinajstić information content (AvgIpc) is 3.03. The van der Waals surface area contributed by atoms with Crippen LogP contribution in [0.15, 0.2) is 47.6 Å². The van der Waals surface area contributed by atoms with E-state index in [1.807, 2.05) is 39.0 Å². The molecule has 0 spiro atoms. The Labute approximate surface area is 161 Å². The highest BCUT2D eigenvalue weighted by molar-refractivity contribution is 8.00. The number of H-pyrrole nitrogens is 1. The topological polar surface area (TPSA) is 67.0 Å². The fourth-order valence-electron chi connectivity index (χ4n) is 2.66. The van der Waals surface area contributed by atoms with E-state index in [1.165, 1.54) is 23.9 Å². The van der Waals surface area contributed by atoms with Crippen molar-refractivity contribution in [2.75, 3.05) is 6.61 Å². The third-order valence-corrected chi connectivity index (χ3v) is 5.11. The Bertz CT molecular complexity index is 927. The molecule has 0 saturated carbocycles. The normalized spacial score (nSPS) is 13.3. The zero-order valence-corrected chi connectivity index (χ0v) is 16.3. The summed E-state index contributed by atoms with van der Waals surface area (Å²) < 4.78 is 18.5. The van der Waals surface area contributed by atoms with E-state index in [2.05, 4.69) is 15.3 Å². The van der Waals surface area contributed by atoms with E-state index in [0.717, 1.165) is 22.3 Å². The van der Waals surface area contributed by atoms with Crippen LogP contribution in [0.2, 0.25) is 0 Å². The number of halogens is 1. The summed E-state index contributed by atoms with van der Waals surface area (Å²) in [6, 6.07) is 11.6. The molecule has 0 aliphatic carbocycles. The summed E-state index contributed by atoms with van der Waals surface area (Å²) in [6.07, 6.45) is 0. The summed E-state index contributed by atoms with van der Waals surface area (Å²) in [5.74, 6) is 0.384. The van der Waals surface area contributed by atoms with Crippen LogP contribution in [-0.2, 0) is 4.79 Å². The molecule has 0 saturated heterocycles. The number of carbonyl (C=O) groups is 1. The summed E-state index contributed by atoms with van der Waals surface area (Å²) in [6.45, 7) is 6.24. The molecule has 27 heavy (non-hydrogen) atoms. The molecule has 3 rings (SSSR count). The zero-order valence-electron chi connectivity index (χ0n) is 15.5. The molecule has 0 aliphatic heterocycles. The van der Waals surface area contributed by atoms with Gasteiger partial charge in [0.15, 0.2) is 5.16 Å². The predicted molar refractivity (Wildman–Crippen MR) is 106 cm³/mol. The number of hydrogen-bond donors (Lipinski definition) is 2. The van der Waals surface area contributed by atoms with Crippen molar-refractivity contribution in [3.63, 3.8) is 0 Å². The average molecular weight is 387 g/mol. The van der Waals surface area contributed by atoms with E-state index < -0.39 is 0 Å². The number of imidazole rings is 1. The van der Waals surface area contributed by atoms with Crippen molar-refractivity contribution < 1.29 is 13.9 Å². The lowest BCUT2D eigenvalue weighted by molar-refractivity contribution is -0.120. The largest absolute Gasteiger partial charge is 0.494 e. The van der Waals surface area contributed by atoms with E-state index in [1.54, 1.807) is 12.1 Å². The number of nitrogens with one attached hydrogen (secondary N) is 2. The van der Waals surface area contributed by atoms with Crippen LogP contribution in [0, 0.1) is 5.82 Å². The van der Waals surface area contributed by atoms with Crippen LogP contribution in [-0.4, -0.2) is 27.7 Å². The Kier molecular flexibility index (Phi) is 6.01. The lowest BCUT2D eigenvalue weighted by Gasteiger charge is -2.17. The second kappa shape index (κ2) is 8.43. The van der Waals surface area contributed by atoms with Crippen LogP contribution in [0.5, 0.6) is 5.75 Å². The summed E-state index contributed by atoms with van der Waals surface area (Å²) >= 11 is 1.36. The number of rotatable bonds is 7. The molecule has 5 nitrogen and oxygen atoms in total. The molecular weight excluding hydrogens is 365 g/mol. The number of amides is 1. The van der Waals surface area contributed by atoms with E-state index >= 15 is 0 Å². The van der Waals surface area contributed by atoms with Crippen LogP contribution in [0.4, 0.5) is 4.39 Å². The van der Waals surface area contributed by atoms with Crippen molar-refractivity contribution in [3.05, 3.63) is 53.8 Å². The lowest BCUT2D eigenvalue weighted by Crippen LogP contribution is -2.33. The Hall–Kier alpha value is -2.54. The van der Waals surface area contributed by atoms with Crippen molar-refractivity contribution in [1.82, 2.24) is 15.3 Å². The quantitative estimate of drug-likeness (QED) is 0.588. The Balaban J connectivity index is 1.63. The van der Waals surface area contributed by atoms with Gasteiger partial charge in [0.05, 0.1) is 28.9 Å².